The summed E-state index contributed by atoms with van der Waals surface area (Å²) in [4.78, 5) is 38.3. The molecule has 0 spiro atoms. The van der Waals surface area contributed by atoms with Gasteiger partial charge < -0.3 is 24.8 Å². The Labute approximate surface area is 156 Å². The SMILES string of the molecule is C=CCCC(NC(=O)C1CCCN1C(=O)c1ccc2c(c1)OCO2)C(=O)O. The lowest BCUT2D eigenvalue weighted by atomic mass is 10.1. The lowest BCUT2D eigenvalue weighted by Crippen LogP contribution is -2.50. The van der Waals surface area contributed by atoms with Crippen LogP contribution in [0.4, 0.5) is 0 Å². The molecule has 27 heavy (non-hydrogen) atoms. The van der Waals surface area contributed by atoms with Crippen LogP contribution in [0.3, 0.4) is 0 Å². The zero-order valence-electron chi connectivity index (χ0n) is 14.8. The molecule has 0 radical (unpaired) electrons. The van der Waals surface area contributed by atoms with E-state index in [0.717, 1.165) is 0 Å². The molecule has 3 rings (SSSR count). The summed E-state index contributed by atoms with van der Waals surface area (Å²) in [6, 6.07) is 3.21. The summed E-state index contributed by atoms with van der Waals surface area (Å²) in [7, 11) is 0. The van der Waals surface area contributed by atoms with E-state index in [0.29, 0.717) is 42.9 Å². The second-order valence-corrected chi connectivity index (χ2v) is 6.49. The molecular formula is C19H22N2O6. The van der Waals surface area contributed by atoms with Gasteiger partial charge in [0.2, 0.25) is 12.7 Å². The van der Waals surface area contributed by atoms with Crippen LogP contribution in [0.1, 0.15) is 36.0 Å². The minimum absolute atomic E-state index is 0.114. The normalized spacial score (nSPS) is 18.8. The molecule has 0 bridgehead atoms. The molecule has 0 saturated carbocycles. The zero-order chi connectivity index (χ0) is 19.4. The lowest BCUT2D eigenvalue weighted by Gasteiger charge is -2.25. The second kappa shape index (κ2) is 8.11. The Morgan fingerprint density at radius 3 is 2.85 bits per heavy atom. The molecule has 144 valence electrons. The molecule has 2 N–H and O–H groups in total. The van der Waals surface area contributed by atoms with Crippen LogP contribution in [0.5, 0.6) is 11.5 Å². The maximum atomic E-state index is 12.9. The van der Waals surface area contributed by atoms with E-state index in [9.17, 15) is 19.5 Å². The van der Waals surface area contributed by atoms with Gasteiger partial charge in [-0.1, -0.05) is 6.08 Å². The third kappa shape index (κ3) is 4.05. The van der Waals surface area contributed by atoms with Gasteiger partial charge >= 0.3 is 5.97 Å². The molecule has 2 atom stereocenters. The molecule has 1 aromatic rings. The number of rotatable bonds is 7. The minimum atomic E-state index is -1.10. The minimum Gasteiger partial charge on any atom is -0.480 e. The average molecular weight is 374 g/mol. The Bertz CT molecular complexity index is 763. The fourth-order valence-corrected chi connectivity index (χ4v) is 3.29. The second-order valence-electron chi connectivity index (χ2n) is 6.49. The topological polar surface area (TPSA) is 105 Å². The highest BCUT2D eigenvalue weighted by Gasteiger charge is 2.36. The van der Waals surface area contributed by atoms with Crippen molar-refractivity contribution in [1.82, 2.24) is 10.2 Å². The number of nitrogens with zero attached hydrogens (tertiary/aromatic N) is 1. The van der Waals surface area contributed by atoms with Crippen molar-refractivity contribution in [2.45, 2.75) is 37.8 Å². The monoisotopic (exact) mass is 374 g/mol. The molecule has 2 amide bonds. The number of nitrogens with one attached hydrogen (secondary N) is 1. The van der Waals surface area contributed by atoms with Crippen molar-refractivity contribution in [3.63, 3.8) is 0 Å². The van der Waals surface area contributed by atoms with Crippen LogP contribution in [0.15, 0.2) is 30.9 Å². The summed E-state index contributed by atoms with van der Waals surface area (Å²) in [5.74, 6) is -0.760. The molecule has 1 saturated heterocycles. The van der Waals surface area contributed by atoms with Gasteiger partial charge in [0.05, 0.1) is 0 Å². The highest BCUT2D eigenvalue weighted by Crippen LogP contribution is 2.33. The van der Waals surface area contributed by atoms with Crippen molar-refractivity contribution in [3.8, 4) is 11.5 Å². The Morgan fingerprint density at radius 1 is 1.33 bits per heavy atom. The number of ether oxygens (including phenoxy) is 2. The van der Waals surface area contributed by atoms with E-state index >= 15 is 0 Å². The van der Waals surface area contributed by atoms with Gasteiger partial charge in [-0.2, -0.15) is 0 Å². The van der Waals surface area contributed by atoms with E-state index in [4.69, 9.17) is 9.47 Å². The maximum absolute atomic E-state index is 12.9. The van der Waals surface area contributed by atoms with Gasteiger partial charge in [0.1, 0.15) is 12.1 Å². The Morgan fingerprint density at radius 2 is 2.11 bits per heavy atom. The number of carboxylic acids is 1. The molecule has 2 aliphatic rings. The summed E-state index contributed by atoms with van der Waals surface area (Å²) in [6.45, 7) is 4.12. The number of carbonyl (C=O) groups excluding carboxylic acids is 2. The highest BCUT2D eigenvalue weighted by molar-refractivity contribution is 5.99. The van der Waals surface area contributed by atoms with Gasteiger partial charge in [0, 0.05) is 12.1 Å². The molecule has 0 aliphatic carbocycles. The number of carboxylic acid groups (broad SMARTS) is 1. The van der Waals surface area contributed by atoms with Gasteiger partial charge in [-0.3, -0.25) is 9.59 Å². The third-order valence-corrected chi connectivity index (χ3v) is 4.71. The number of hydrogen-bond acceptors (Lipinski definition) is 5. The van der Waals surface area contributed by atoms with Crippen LogP contribution >= 0.6 is 0 Å². The summed E-state index contributed by atoms with van der Waals surface area (Å²) < 4.78 is 10.5. The number of likely N-dealkylation sites (tertiary alicyclic amines) is 1. The van der Waals surface area contributed by atoms with Crippen LogP contribution in [0, 0.1) is 0 Å². The third-order valence-electron chi connectivity index (χ3n) is 4.71. The average Bonchev–Trinajstić information content (AvgIpc) is 3.32. The Kier molecular flexibility index (Phi) is 5.63. The van der Waals surface area contributed by atoms with E-state index in [-0.39, 0.29) is 19.1 Å². The number of allylic oxidation sites excluding steroid dienone is 1. The van der Waals surface area contributed by atoms with Crippen LogP contribution < -0.4 is 14.8 Å². The van der Waals surface area contributed by atoms with Crippen molar-refractivity contribution < 1.29 is 29.0 Å². The molecule has 1 fully saturated rings. The fourth-order valence-electron chi connectivity index (χ4n) is 3.29. The molecule has 8 heteroatoms. The summed E-state index contributed by atoms with van der Waals surface area (Å²) in [5, 5.41) is 11.8. The molecule has 2 unspecified atom stereocenters. The predicted octanol–water partition coefficient (Wildman–Crippen LogP) is 1.56. The number of aliphatic carboxylic acids is 1. The van der Waals surface area contributed by atoms with Gasteiger partial charge in [0.15, 0.2) is 11.5 Å². The van der Waals surface area contributed by atoms with E-state index in [1.54, 1.807) is 24.3 Å². The Hall–Kier alpha value is -3.03. The van der Waals surface area contributed by atoms with Gasteiger partial charge in [-0.15, -0.1) is 6.58 Å². The first-order chi connectivity index (χ1) is 13.0. The van der Waals surface area contributed by atoms with Gasteiger partial charge in [-0.05, 0) is 43.9 Å². The van der Waals surface area contributed by atoms with E-state index in [2.05, 4.69) is 11.9 Å². The molecule has 2 heterocycles. The molecule has 8 nitrogen and oxygen atoms in total. The molecular weight excluding hydrogens is 352 g/mol. The van der Waals surface area contributed by atoms with Crippen molar-refractivity contribution in [1.29, 1.82) is 0 Å². The van der Waals surface area contributed by atoms with Crippen molar-refractivity contribution in [2.24, 2.45) is 0 Å². The smallest absolute Gasteiger partial charge is 0.326 e. The number of fused-ring (bicyclic) bond motifs is 1. The van der Waals surface area contributed by atoms with Crippen molar-refractivity contribution >= 4 is 17.8 Å². The summed E-state index contributed by atoms with van der Waals surface area (Å²) in [5.41, 5.74) is 0.403. The van der Waals surface area contributed by atoms with Crippen LogP contribution in [-0.2, 0) is 9.59 Å². The first-order valence-electron chi connectivity index (χ1n) is 8.86. The predicted molar refractivity (Wildman–Crippen MR) is 95.6 cm³/mol. The number of carbonyl (C=O) groups is 3. The number of hydrogen-bond donors (Lipinski definition) is 2. The molecule has 2 aliphatic heterocycles. The van der Waals surface area contributed by atoms with Gasteiger partial charge in [0.25, 0.3) is 5.91 Å². The fraction of sp³-hybridized carbons (Fsp3) is 0.421. The number of amides is 2. The largest absolute Gasteiger partial charge is 0.480 e. The van der Waals surface area contributed by atoms with E-state index in [1.165, 1.54) is 4.90 Å². The maximum Gasteiger partial charge on any atom is 0.326 e. The highest BCUT2D eigenvalue weighted by atomic mass is 16.7. The first kappa shape index (κ1) is 18.8. The van der Waals surface area contributed by atoms with E-state index in [1.807, 2.05) is 0 Å². The van der Waals surface area contributed by atoms with Crippen LogP contribution in [0.25, 0.3) is 0 Å². The van der Waals surface area contributed by atoms with Crippen LogP contribution in [0.2, 0.25) is 0 Å². The molecule has 1 aromatic carbocycles. The van der Waals surface area contributed by atoms with Gasteiger partial charge in [-0.25, -0.2) is 4.79 Å². The quantitative estimate of drug-likeness (QED) is 0.702. The lowest BCUT2D eigenvalue weighted by molar-refractivity contribution is -0.142. The van der Waals surface area contributed by atoms with Crippen molar-refractivity contribution in [2.75, 3.05) is 13.3 Å². The first-order valence-corrected chi connectivity index (χ1v) is 8.86. The number of benzene rings is 1. The zero-order valence-corrected chi connectivity index (χ0v) is 14.8. The van der Waals surface area contributed by atoms with Crippen molar-refractivity contribution in [3.05, 3.63) is 36.4 Å². The Balaban J connectivity index is 1.70. The van der Waals surface area contributed by atoms with E-state index < -0.39 is 24.0 Å². The summed E-state index contributed by atoms with van der Waals surface area (Å²) >= 11 is 0. The van der Waals surface area contributed by atoms with Crippen LogP contribution in [-0.4, -0.2) is 53.2 Å². The summed E-state index contributed by atoms with van der Waals surface area (Å²) in [6.07, 6.45) is 3.51. The standard InChI is InChI=1S/C19H22N2O6/c1-2-3-5-13(19(24)25)20-17(22)14-6-4-9-21(14)18(23)12-7-8-15-16(10-12)27-11-26-15/h2,7-8,10,13-14H,1,3-6,9,11H2,(H,20,22)(H,24,25). The molecule has 0 aromatic heterocycles.